The van der Waals surface area contributed by atoms with Crippen LogP contribution in [0.25, 0.3) is 22.0 Å². The highest BCUT2D eigenvalue weighted by atomic mass is 16.5. The minimum Gasteiger partial charge on any atom is -0.457 e. The third kappa shape index (κ3) is 4.17. The monoisotopic (exact) mass is 429 g/mol. The third-order valence-electron chi connectivity index (χ3n) is 5.52. The van der Waals surface area contributed by atoms with Gasteiger partial charge in [0.15, 0.2) is 0 Å². The van der Waals surface area contributed by atoms with E-state index in [1.54, 1.807) is 24.0 Å². The van der Waals surface area contributed by atoms with Crippen LogP contribution in [0.15, 0.2) is 65.7 Å². The topological polar surface area (TPSA) is 76.1 Å². The second-order valence-corrected chi connectivity index (χ2v) is 8.17. The van der Waals surface area contributed by atoms with Crippen LogP contribution in [0.4, 0.5) is 5.69 Å². The summed E-state index contributed by atoms with van der Waals surface area (Å²) in [5, 5.41) is 3.71. The van der Waals surface area contributed by atoms with E-state index < -0.39 is 0 Å². The molecule has 2 N–H and O–H groups in total. The van der Waals surface area contributed by atoms with Crippen molar-refractivity contribution in [1.29, 1.82) is 0 Å². The number of amides is 1. The molecule has 164 valence electrons. The summed E-state index contributed by atoms with van der Waals surface area (Å²) in [6.07, 6.45) is 3.94. The first kappa shape index (κ1) is 21.4. The van der Waals surface area contributed by atoms with Crippen molar-refractivity contribution >= 4 is 22.5 Å². The molecule has 2 aromatic carbocycles. The van der Waals surface area contributed by atoms with E-state index in [1.165, 1.54) is 5.56 Å². The van der Waals surface area contributed by atoms with Crippen molar-refractivity contribution < 1.29 is 9.53 Å². The molecule has 0 bridgehead atoms. The molecule has 0 fully saturated rings. The van der Waals surface area contributed by atoms with Crippen molar-refractivity contribution in [2.24, 2.45) is 7.05 Å². The van der Waals surface area contributed by atoms with E-state index in [-0.39, 0.29) is 11.5 Å². The van der Waals surface area contributed by atoms with E-state index in [9.17, 15) is 9.59 Å². The summed E-state index contributed by atoms with van der Waals surface area (Å²) in [7, 11) is 1.72. The average Bonchev–Trinajstić information content (AvgIpc) is 3.28. The molecule has 0 radical (unpaired) electrons. The van der Waals surface area contributed by atoms with Crippen LogP contribution in [0.5, 0.6) is 11.5 Å². The number of carbonyl (C=O) groups is 1. The molecule has 0 aliphatic rings. The standard InChI is InChI=1S/C26H27N3O3/c1-5-24(30)28-18-9-10-23(32-19-8-6-7-17(13-19)16(2)3)21(14-18)22-15-29(4)26(31)25-20(22)11-12-27-25/h6-16,27H,5H2,1-4H3,(H,28,30). The Hall–Kier alpha value is -3.80. The van der Waals surface area contributed by atoms with E-state index in [1.807, 2.05) is 49.4 Å². The number of H-pyrrole nitrogens is 1. The van der Waals surface area contributed by atoms with Gasteiger partial charge < -0.3 is 19.6 Å². The Morgan fingerprint density at radius 1 is 1.12 bits per heavy atom. The van der Waals surface area contributed by atoms with Crippen LogP contribution in [0.3, 0.4) is 0 Å². The van der Waals surface area contributed by atoms with E-state index >= 15 is 0 Å². The molecule has 6 heteroatoms. The summed E-state index contributed by atoms with van der Waals surface area (Å²) in [5.74, 6) is 1.69. The zero-order valence-electron chi connectivity index (χ0n) is 18.7. The molecule has 1 amide bonds. The van der Waals surface area contributed by atoms with Gasteiger partial charge in [0.2, 0.25) is 5.91 Å². The lowest BCUT2D eigenvalue weighted by atomic mass is 10.0. The molecule has 2 heterocycles. The van der Waals surface area contributed by atoms with Crippen LogP contribution < -0.4 is 15.6 Å². The average molecular weight is 430 g/mol. The number of nitrogens with zero attached hydrogens (tertiary/aromatic N) is 1. The van der Waals surface area contributed by atoms with Gasteiger partial charge >= 0.3 is 0 Å². The quantitative estimate of drug-likeness (QED) is 0.407. The van der Waals surface area contributed by atoms with Crippen molar-refractivity contribution in [3.63, 3.8) is 0 Å². The first-order valence-corrected chi connectivity index (χ1v) is 10.8. The predicted octanol–water partition coefficient (Wildman–Crippen LogP) is 5.80. The molecule has 0 aliphatic heterocycles. The molecule has 0 saturated heterocycles. The summed E-state index contributed by atoms with van der Waals surface area (Å²) in [4.78, 5) is 27.6. The highest BCUT2D eigenvalue weighted by Crippen LogP contribution is 2.38. The number of aromatic amines is 1. The molecule has 2 aromatic heterocycles. The lowest BCUT2D eigenvalue weighted by Crippen LogP contribution is -2.16. The number of nitrogens with one attached hydrogen (secondary N) is 2. The molecule has 0 atom stereocenters. The van der Waals surface area contributed by atoms with Gasteiger partial charge in [-0.25, -0.2) is 0 Å². The van der Waals surface area contributed by atoms with Crippen LogP contribution in [-0.2, 0) is 11.8 Å². The van der Waals surface area contributed by atoms with Crippen LogP contribution in [-0.4, -0.2) is 15.5 Å². The fourth-order valence-corrected chi connectivity index (χ4v) is 3.70. The SMILES string of the molecule is CCC(=O)Nc1ccc(Oc2cccc(C(C)C)c2)c(-c2cn(C)c(=O)c3[nH]ccc23)c1. The van der Waals surface area contributed by atoms with Gasteiger partial charge in [0.1, 0.15) is 17.0 Å². The first-order valence-electron chi connectivity index (χ1n) is 10.8. The Morgan fingerprint density at radius 3 is 2.69 bits per heavy atom. The summed E-state index contributed by atoms with van der Waals surface area (Å²) in [5.41, 5.74) is 3.91. The summed E-state index contributed by atoms with van der Waals surface area (Å²) in [6, 6.07) is 15.5. The lowest BCUT2D eigenvalue weighted by molar-refractivity contribution is -0.115. The van der Waals surface area contributed by atoms with Crippen LogP contribution in [0.2, 0.25) is 0 Å². The molecular formula is C26H27N3O3. The van der Waals surface area contributed by atoms with Crippen LogP contribution in [0, 0.1) is 0 Å². The molecule has 0 unspecified atom stereocenters. The van der Waals surface area contributed by atoms with Gasteiger partial charge in [-0.05, 0) is 47.9 Å². The number of fused-ring (bicyclic) bond motifs is 1. The maximum absolute atomic E-state index is 12.5. The summed E-state index contributed by atoms with van der Waals surface area (Å²) in [6.45, 7) is 6.09. The molecule has 0 saturated carbocycles. The molecular weight excluding hydrogens is 402 g/mol. The Balaban J connectivity index is 1.87. The van der Waals surface area contributed by atoms with Gasteiger partial charge in [-0.15, -0.1) is 0 Å². The number of ether oxygens (including phenoxy) is 1. The zero-order valence-corrected chi connectivity index (χ0v) is 18.7. The molecule has 0 spiro atoms. The first-order chi connectivity index (χ1) is 15.4. The van der Waals surface area contributed by atoms with Crippen molar-refractivity contribution in [3.05, 3.63) is 76.8 Å². The number of carbonyl (C=O) groups excluding carboxylic acids is 1. The number of rotatable bonds is 6. The van der Waals surface area contributed by atoms with Gasteiger partial charge in [0, 0.05) is 48.1 Å². The van der Waals surface area contributed by atoms with Crippen LogP contribution in [0.1, 0.15) is 38.7 Å². The Bertz CT molecular complexity index is 1350. The molecule has 4 aromatic rings. The minimum atomic E-state index is -0.101. The number of pyridine rings is 1. The number of hydrogen-bond acceptors (Lipinski definition) is 3. The van der Waals surface area contributed by atoms with Gasteiger partial charge in [-0.1, -0.05) is 32.9 Å². The van der Waals surface area contributed by atoms with E-state index in [4.69, 9.17) is 4.74 Å². The number of aryl methyl sites for hydroxylation is 1. The fraction of sp³-hybridized carbons (Fsp3) is 0.231. The summed E-state index contributed by atoms with van der Waals surface area (Å²) < 4.78 is 7.88. The lowest BCUT2D eigenvalue weighted by Gasteiger charge is -2.16. The fourth-order valence-electron chi connectivity index (χ4n) is 3.70. The van der Waals surface area contributed by atoms with Crippen molar-refractivity contribution in [1.82, 2.24) is 9.55 Å². The summed E-state index contributed by atoms with van der Waals surface area (Å²) >= 11 is 0. The van der Waals surface area contributed by atoms with E-state index in [0.29, 0.717) is 29.3 Å². The number of anilines is 1. The van der Waals surface area contributed by atoms with E-state index in [2.05, 4.69) is 30.2 Å². The molecule has 0 aliphatic carbocycles. The molecule has 4 rings (SSSR count). The zero-order chi connectivity index (χ0) is 22.8. The maximum Gasteiger partial charge on any atom is 0.274 e. The van der Waals surface area contributed by atoms with Gasteiger partial charge in [-0.2, -0.15) is 0 Å². The number of aromatic nitrogens is 2. The van der Waals surface area contributed by atoms with Crippen LogP contribution >= 0.6 is 0 Å². The smallest absolute Gasteiger partial charge is 0.274 e. The molecule has 32 heavy (non-hydrogen) atoms. The minimum absolute atomic E-state index is 0.0680. The Kier molecular flexibility index (Phi) is 5.86. The highest BCUT2D eigenvalue weighted by molar-refractivity contribution is 5.98. The van der Waals surface area contributed by atoms with Gasteiger partial charge in [0.05, 0.1) is 0 Å². The van der Waals surface area contributed by atoms with Crippen molar-refractivity contribution in [3.8, 4) is 22.6 Å². The second-order valence-electron chi connectivity index (χ2n) is 8.17. The van der Waals surface area contributed by atoms with Gasteiger partial charge in [0.25, 0.3) is 5.56 Å². The number of benzene rings is 2. The third-order valence-corrected chi connectivity index (χ3v) is 5.52. The van der Waals surface area contributed by atoms with Gasteiger partial charge in [-0.3, -0.25) is 9.59 Å². The predicted molar refractivity (Wildman–Crippen MR) is 129 cm³/mol. The number of hydrogen-bond donors (Lipinski definition) is 2. The maximum atomic E-state index is 12.5. The van der Waals surface area contributed by atoms with Crippen molar-refractivity contribution in [2.45, 2.75) is 33.1 Å². The Labute approximate surface area is 186 Å². The normalized spacial score (nSPS) is 11.2. The highest BCUT2D eigenvalue weighted by Gasteiger charge is 2.16. The van der Waals surface area contributed by atoms with E-state index in [0.717, 1.165) is 22.3 Å². The molecule has 6 nitrogen and oxygen atoms in total. The largest absolute Gasteiger partial charge is 0.457 e. The second kappa shape index (κ2) is 8.75. The van der Waals surface area contributed by atoms with Crippen molar-refractivity contribution in [2.75, 3.05) is 5.32 Å². The Morgan fingerprint density at radius 2 is 1.94 bits per heavy atom.